The molecule has 0 fully saturated rings. The zero-order valence-corrected chi connectivity index (χ0v) is 50.6. The maximum atomic E-state index is 12.5. The molecule has 0 radical (unpaired) electrons. The van der Waals surface area contributed by atoms with Gasteiger partial charge in [-0.3, -0.25) is 4.79 Å². The van der Waals surface area contributed by atoms with Crippen LogP contribution in [0.2, 0.25) is 0 Å². The minimum atomic E-state index is -0.872. The fraction of sp³-hybridized carbons (Fsp3) is 0.817. The van der Waals surface area contributed by atoms with Crippen LogP contribution in [-0.4, -0.2) is 34.9 Å². The maximum absolute atomic E-state index is 12.5. The molecule has 3 N–H and O–H groups in total. The summed E-state index contributed by atoms with van der Waals surface area (Å²) in [6.07, 6.45) is 95.5. The van der Waals surface area contributed by atoms with Crippen molar-refractivity contribution >= 4 is 5.91 Å². The molecule has 4 heteroatoms. The van der Waals surface area contributed by atoms with Crippen molar-refractivity contribution in [2.45, 2.75) is 366 Å². The number of allylic oxidation sites excluding steroid dienone is 11. The highest BCUT2D eigenvalue weighted by Gasteiger charge is 2.18. The largest absolute Gasteiger partial charge is 0.394 e. The molecule has 0 spiro atoms. The van der Waals surface area contributed by atoms with Crippen molar-refractivity contribution < 1.29 is 15.0 Å². The Morgan fingerprint density at radius 3 is 0.867 bits per heavy atom. The molecule has 0 saturated heterocycles. The Morgan fingerprint density at radius 1 is 0.320 bits per heavy atom. The fourth-order valence-electron chi connectivity index (χ4n) is 10.3. The molecule has 0 aliphatic carbocycles. The van der Waals surface area contributed by atoms with Crippen molar-refractivity contribution in [1.82, 2.24) is 5.32 Å². The van der Waals surface area contributed by atoms with E-state index in [1.807, 2.05) is 6.08 Å². The zero-order chi connectivity index (χ0) is 54.1. The van der Waals surface area contributed by atoms with Gasteiger partial charge in [0.1, 0.15) is 0 Å². The normalized spacial score (nSPS) is 13.2. The molecule has 0 bridgehead atoms. The maximum Gasteiger partial charge on any atom is 0.220 e. The second-order valence-electron chi connectivity index (χ2n) is 22.9. The SMILES string of the molecule is CCCCCCC/C=C\C/C=C\C/C=C\CCCCCCCCCCCCCCCCCCCCCCCCCCCCC(=O)NC(CO)C(O)/C=C/CC/C=C/CC/C=C/CCCCCCCCCCCCCC. The Hall–Kier alpha value is -2.17. The van der Waals surface area contributed by atoms with Gasteiger partial charge in [0.25, 0.3) is 0 Å². The number of hydrogen-bond donors (Lipinski definition) is 3. The molecule has 0 aromatic carbocycles. The Morgan fingerprint density at radius 2 is 0.560 bits per heavy atom. The first kappa shape index (κ1) is 72.8. The van der Waals surface area contributed by atoms with Gasteiger partial charge in [0.05, 0.1) is 18.8 Å². The van der Waals surface area contributed by atoms with Crippen molar-refractivity contribution in [1.29, 1.82) is 0 Å². The van der Waals surface area contributed by atoms with E-state index in [1.54, 1.807) is 6.08 Å². The third-order valence-electron chi connectivity index (χ3n) is 15.4. The van der Waals surface area contributed by atoms with E-state index in [-0.39, 0.29) is 12.5 Å². The molecule has 0 heterocycles. The predicted molar refractivity (Wildman–Crippen MR) is 336 cm³/mol. The fourth-order valence-corrected chi connectivity index (χ4v) is 10.3. The molecule has 4 nitrogen and oxygen atoms in total. The molecule has 0 aromatic rings. The number of aliphatic hydroxyl groups excluding tert-OH is 2. The van der Waals surface area contributed by atoms with Gasteiger partial charge in [-0.1, -0.05) is 337 Å². The molecule has 75 heavy (non-hydrogen) atoms. The smallest absolute Gasteiger partial charge is 0.220 e. The van der Waals surface area contributed by atoms with Gasteiger partial charge >= 0.3 is 0 Å². The Labute approximate surface area is 469 Å². The number of amides is 1. The first-order chi connectivity index (χ1) is 37.2. The third kappa shape index (κ3) is 62.6. The molecule has 0 aromatic heterocycles. The van der Waals surface area contributed by atoms with Crippen molar-refractivity contribution in [3.05, 3.63) is 72.9 Å². The Balaban J connectivity index is 3.45. The summed E-state index contributed by atoms with van der Waals surface area (Å²) in [5, 5.41) is 23.2. The number of carbonyl (C=O) groups excluding carboxylic acids is 1. The van der Waals surface area contributed by atoms with Gasteiger partial charge in [0, 0.05) is 6.42 Å². The van der Waals surface area contributed by atoms with Crippen molar-refractivity contribution in [3.63, 3.8) is 0 Å². The first-order valence-electron chi connectivity index (χ1n) is 33.7. The van der Waals surface area contributed by atoms with Gasteiger partial charge in [0.2, 0.25) is 5.91 Å². The van der Waals surface area contributed by atoms with E-state index in [1.165, 1.54) is 283 Å². The average Bonchev–Trinajstić information content (AvgIpc) is 3.41. The molecule has 0 rings (SSSR count). The summed E-state index contributed by atoms with van der Waals surface area (Å²) in [6.45, 7) is 4.31. The minimum Gasteiger partial charge on any atom is -0.394 e. The van der Waals surface area contributed by atoms with E-state index < -0.39 is 12.1 Å². The summed E-state index contributed by atoms with van der Waals surface area (Å²) in [5.74, 6) is -0.0728. The lowest BCUT2D eigenvalue weighted by Gasteiger charge is -2.19. The van der Waals surface area contributed by atoms with Crippen LogP contribution in [0.15, 0.2) is 72.9 Å². The summed E-state index contributed by atoms with van der Waals surface area (Å²) in [6, 6.07) is -0.647. The first-order valence-corrected chi connectivity index (χ1v) is 33.7. The quantitative estimate of drug-likeness (QED) is 0.0420. The van der Waals surface area contributed by atoms with Crippen LogP contribution in [0.5, 0.6) is 0 Å². The lowest BCUT2D eigenvalue weighted by atomic mass is 10.0. The summed E-state index contributed by atoms with van der Waals surface area (Å²) in [5.41, 5.74) is 0. The van der Waals surface area contributed by atoms with Gasteiger partial charge in [-0.25, -0.2) is 0 Å². The van der Waals surface area contributed by atoms with Crippen LogP contribution in [0.4, 0.5) is 0 Å². The predicted octanol–water partition coefficient (Wildman–Crippen LogP) is 22.9. The number of rotatable bonds is 62. The highest BCUT2D eigenvalue weighted by molar-refractivity contribution is 5.76. The van der Waals surface area contributed by atoms with Crippen LogP contribution in [0.3, 0.4) is 0 Å². The highest BCUT2D eigenvalue weighted by atomic mass is 16.3. The summed E-state index contributed by atoms with van der Waals surface area (Å²) < 4.78 is 0. The van der Waals surface area contributed by atoms with Gasteiger partial charge < -0.3 is 15.5 Å². The molecule has 0 saturated carbocycles. The molecule has 438 valence electrons. The van der Waals surface area contributed by atoms with Crippen LogP contribution in [0.1, 0.15) is 354 Å². The van der Waals surface area contributed by atoms with Crippen LogP contribution in [0.25, 0.3) is 0 Å². The van der Waals surface area contributed by atoms with Gasteiger partial charge in [-0.05, 0) is 83.5 Å². The van der Waals surface area contributed by atoms with E-state index >= 15 is 0 Å². The van der Waals surface area contributed by atoms with Gasteiger partial charge in [-0.2, -0.15) is 0 Å². The lowest BCUT2D eigenvalue weighted by Crippen LogP contribution is -2.45. The van der Waals surface area contributed by atoms with E-state index in [4.69, 9.17) is 0 Å². The van der Waals surface area contributed by atoms with Crippen molar-refractivity contribution in [2.24, 2.45) is 0 Å². The summed E-state index contributed by atoms with van der Waals surface area (Å²) in [7, 11) is 0. The van der Waals surface area contributed by atoms with E-state index in [0.29, 0.717) is 6.42 Å². The second kappa shape index (κ2) is 66.1. The lowest BCUT2D eigenvalue weighted by molar-refractivity contribution is -0.123. The number of unbranched alkanes of at least 4 members (excludes halogenated alkanes) is 45. The average molecular weight is 1050 g/mol. The molecular formula is C71H131NO3. The highest BCUT2D eigenvalue weighted by Crippen LogP contribution is 2.18. The number of nitrogens with one attached hydrogen (secondary N) is 1. The van der Waals surface area contributed by atoms with E-state index in [2.05, 4.69) is 79.9 Å². The molecule has 0 aliphatic heterocycles. The van der Waals surface area contributed by atoms with Gasteiger partial charge in [0.15, 0.2) is 0 Å². The summed E-state index contributed by atoms with van der Waals surface area (Å²) in [4.78, 5) is 12.5. The van der Waals surface area contributed by atoms with Crippen LogP contribution in [0, 0.1) is 0 Å². The molecule has 2 atom stereocenters. The van der Waals surface area contributed by atoms with Crippen LogP contribution < -0.4 is 5.32 Å². The Kier molecular flexibility index (Phi) is 64.2. The van der Waals surface area contributed by atoms with Crippen molar-refractivity contribution in [3.8, 4) is 0 Å². The molecule has 2 unspecified atom stereocenters. The van der Waals surface area contributed by atoms with E-state index in [0.717, 1.165) is 51.4 Å². The minimum absolute atomic E-state index is 0.0728. The van der Waals surface area contributed by atoms with Crippen LogP contribution >= 0.6 is 0 Å². The Bertz CT molecular complexity index is 1280. The topological polar surface area (TPSA) is 69.6 Å². The third-order valence-corrected chi connectivity index (χ3v) is 15.4. The van der Waals surface area contributed by atoms with E-state index in [9.17, 15) is 15.0 Å². The molecule has 1 amide bonds. The standard InChI is InChI=1S/C71H131NO3/c1-3-5-7-9-11-13-15-17-19-21-23-25-27-28-29-30-31-32-33-34-35-36-37-38-39-40-41-42-43-44-45-47-49-51-53-55-57-59-61-63-65-67-71(75)72-69(68-73)70(74)66-64-62-60-58-56-54-52-50-48-46-26-24-22-20-18-16-14-12-10-8-6-4-2/h15,17,21,23,27-28,48,50,56,58,64,66,69-70,73-74H,3-14,16,18-20,22,24-26,29-47,49,51-55,57,59-63,65,67-68H2,1-2H3,(H,72,75)/b17-15-,23-21-,28-27-,50-48+,58-56+,66-64+. The number of aliphatic hydroxyl groups is 2. The molecule has 0 aliphatic rings. The number of carbonyl (C=O) groups is 1. The van der Waals surface area contributed by atoms with Gasteiger partial charge in [-0.15, -0.1) is 0 Å². The van der Waals surface area contributed by atoms with Crippen LogP contribution in [-0.2, 0) is 4.79 Å². The van der Waals surface area contributed by atoms with Crippen molar-refractivity contribution in [2.75, 3.05) is 6.61 Å². The molecular weight excluding hydrogens is 915 g/mol. The monoisotopic (exact) mass is 1050 g/mol. The second-order valence-corrected chi connectivity index (χ2v) is 22.9. The zero-order valence-electron chi connectivity index (χ0n) is 50.6. The summed E-state index contributed by atoms with van der Waals surface area (Å²) >= 11 is 0. The number of hydrogen-bond acceptors (Lipinski definition) is 3.